The monoisotopic (exact) mass is 630 g/mol. The normalized spacial score (nSPS) is 18.4. The van der Waals surface area contributed by atoms with Gasteiger partial charge >= 0.3 is 6.09 Å². The van der Waals surface area contributed by atoms with Crippen molar-refractivity contribution >= 4 is 35.0 Å². The number of nitrogens with zero attached hydrogens (tertiary/aromatic N) is 3. The molecule has 240 valence electrons. The van der Waals surface area contributed by atoms with Crippen molar-refractivity contribution in [3.8, 4) is 5.75 Å². The van der Waals surface area contributed by atoms with E-state index >= 15 is 0 Å². The molecule has 1 aliphatic heterocycles. The van der Waals surface area contributed by atoms with Crippen molar-refractivity contribution < 1.29 is 38.9 Å². The molecule has 0 radical (unpaired) electrons. The number of thiazole rings is 1. The van der Waals surface area contributed by atoms with Crippen LogP contribution in [-0.2, 0) is 14.3 Å². The van der Waals surface area contributed by atoms with Gasteiger partial charge in [0.1, 0.15) is 35.1 Å². The van der Waals surface area contributed by atoms with Crippen LogP contribution in [0.4, 0.5) is 4.79 Å². The van der Waals surface area contributed by atoms with Gasteiger partial charge in [0, 0.05) is 24.5 Å². The number of aliphatic hydroxyl groups excluding tert-OH is 1. The molecule has 12 nitrogen and oxygen atoms in total. The molecule has 0 spiro atoms. The van der Waals surface area contributed by atoms with Gasteiger partial charge < -0.3 is 29.9 Å². The Morgan fingerprint density at radius 3 is 2.61 bits per heavy atom. The smallest absolute Gasteiger partial charge is 0.407 e. The van der Waals surface area contributed by atoms with E-state index in [9.17, 15) is 24.3 Å². The Balaban J connectivity index is 1.47. The van der Waals surface area contributed by atoms with E-state index in [1.165, 1.54) is 25.3 Å². The fourth-order valence-electron chi connectivity index (χ4n) is 5.74. The second kappa shape index (κ2) is 16.0. The summed E-state index contributed by atoms with van der Waals surface area (Å²) in [6.45, 7) is 2.79. The molecule has 2 heterocycles. The Kier molecular flexibility index (Phi) is 12.1. The number of aliphatic hydroxyl groups is 1. The van der Waals surface area contributed by atoms with Crippen molar-refractivity contribution in [2.45, 2.75) is 70.0 Å². The zero-order chi connectivity index (χ0) is 31.6. The highest BCUT2D eigenvalue weighted by Crippen LogP contribution is 2.36. The zero-order valence-corrected chi connectivity index (χ0v) is 26.1. The fraction of sp³-hybridized carbons (Fsp3) is 0.581. The van der Waals surface area contributed by atoms with E-state index in [0.29, 0.717) is 35.9 Å². The Bertz CT molecular complexity index is 1300. The maximum atomic E-state index is 14.1. The highest BCUT2D eigenvalue weighted by atomic mass is 32.1. The molecule has 2 fully saturated rings. The highest BCUT2D eigenvalue weighted by molar-refractivity contribution is 7.10. The van der Waals surface area contributed by atoms with E-state index in [1.807, 2.05) is 0 Å². The molecule has 3 amide bonds. The third-order valence-corrected chi connectivity index (χ3v) is 9.30. The van der Waals surface area contributed by atoms with Gasteiger partial charge in [-0.2, -0.15) is 0 Å². The van der Waals surface area contributed by atoms with Gasteiger partial charge in [-0.05, 0) is 50.7 Å². The van der Waals surface area contributed by atoms with E-state index in [2.05, 4.69) is 10.3 Å². The molecule has 1 saturated heterocycles. The summed E-state index contributed by atoms with van der Waals surface area (Å²) in [7, 11) is 1.33. The standard InChI is InChI=1S/C31H42N4O8S/c1-20(34(2)31(40)41)28(38)33-26(21-8-4-3-5-9-21)30(39)35-13-7-12-25(35)29-32-24(19-44-29)27(37)22-10-6-11-23(18-22)43-17-16-42-15-14-36/h6,10-11,18-21,25-26,36H,3-5,7-9,12-17H2,1-2H3,(H,33,38)(H,40,41)/t20-,25-,26-/m0/s1. The minimum absolute atomic E-state index is 0.0343. The zero-order valence-electron chi connectivity index (χ0n) is 25.3. The molecular formula is C31H42N4O8S. The van der Waals surface area contributed by atoms with Gasteiger partial charge in [-0.25, -0.2) is 9.78 Å². The van der Waals surface area contributed by atoms with Crippen molar-refractivity contribution in [3.63, 3.8) is 0 Å². The van der Waals surface area contributed by atoms with Crippen LogP contribution in [0.3, 0.4) is 0 Å². The molecule has 3 atom stereocenters. The van der Waals surface area contributed by atoms with Crippen LogP contribution in [0, 0.1) is 5.92 Å². The summed E-state index contributed by atoms with van der Waals surface area (Å²) in [4.78, 5) is 59.3. The lowest BCUT2D eigenvalue weighted by Gasteiger charge is -2.35. The van der Waals surface area contributed by atoms with Gasteiger partial charge in [-0.1, -0.05) is 31.4 Å². The lowest BCUT2D eigenvalue weighted by Crippen LogP contribution is -2.56. The average molecular weight is 631 g/mol. The number of amides is 3. The van der Waals surface area contributed by atoms with Gasteiger partial charge in [-0.15, -0.1) is 11.3 Å². The lowest BCUT2D eigenvalue weighted by atomic mass is 9.83. The molecule has 0 unspecified atom stereocenters. The maximum absolute atomic E-state index is 14.1. The maximum Gasteiger partial charge on any atom is 0.407 e. The first-order chi connectivity index (χ1) is 21.2. The van der Waals surface area contributed by atoms with Crippen LogP contribution in [0.15, 0.2) is 29.6 Å². The Morgan fingerprint density at radius 2 is 1.89 bits per heavy atom. The number of ether oxygens (including phenoxy) is 2. The first-order valence-corrected chi connectivity index (χ1v) is 16.1. The van der Waals surface area contributed by atoms with Crippen molar-refractivity contribution in [2.24, 2.45) is 5.92 Å². The number of carbonyl (C=O) groups is 4. The van der Waals surface area contributed by atoms with E-state index in [1.54, 1.807) is 34.5 Å². The van der Waals surface area contributed by atoms with E-state index in [0.717, 1.165) is 43.4 Å². The van der Waals surface area contributed by atoms with Gasteiger partial charge in [-0.3, -0.25) is 19.3 Å². The first-order valence-electron chi connectivity index (χ1n) is 15.2. The SMILES string of the molecule is C[C@@H](C(=O)N[C@H](C(=O)N1CCC[C@H]1c1nc(C(=O)c2cccc(OCCOCCO)c2)cs1)C1CCCCC1)N(C)C(=O)O. The number of likely N-dealkylation sites (N-methyl/N-ethyl adjacent to an activating group) is 1. The summed E-state index contributed by atoms with van der Waals surface area (Å²) in [6, 6.07) is 4.81. The predicted molar refractivity (Wildman–Crippen MR) is 163 cm³/mol. The van der Waals surface area contributed by atoms with E-state index < -0.39 is 24.1 Å². The summed E-state index contributed by atoms with van der Waals surface area (Å²) in [5, 5.41) is 23.4. The summed E-state index contributed by atoms with van der Waals surface area (Å²) in [6.07, 6.45) is 4.90. The molecule has 13 heteroatoms. The van der Waals surface area contributed by atoms with Gasteiger partial charge in [0.25, 0.3) is 0 Å². The molecule has 3 N–H and O–H groups in total. The van der Waals surface area contributed by atoms with Gasteiger partial charge in [0.15, 0.2) is 0 Å². The Hall–Kier alpha value is -3.55. The molecule has 1 saturated carbocycles. The topological polar surface area (TPSA) is 159 Å². The fourth-order valence-corrected chi connectivity index (χ4v) is 6.68. The summed E-state index contributed by atoms with van der Waals surface area (Å²) < 4.78 is 10.9. The number of hydrogen-bond acceptors (Lipinski definition) is 9. The Labute approximate surface area is 261 Å². The third kappa shape index (κ3) is 8.33. The molecule has 1 aliphatic carbocycles. The first kappa shape index (κ1) is 33.3. The lowest BCUT2D eigenvalue weighted by molar-refractivity contribution is -0.140. The van der Waals surface area contributed by atoms with Gasteiger partial charge in [0.2, 0.25) is 17.6 Å². The second-order valence-electron chi connectivity index (χ2n) is 11.3. The van der Waals surface area contributed by atoms with Crippen LogP contribution in [0.2, 0.25) is 0 Å². The van der Waals surface area contributed by atoms with Crippen molar-refractivity contribution in [3.05, 3.63) is 45.9 Å². The molecule has 0 bridgehead atoms. The minimum atomic E-state index is -1.22. The quantitative estimate of drug-likeness (QED) is 0.210. The molecule has 2 aliphatic rings. The molecule has 1 aromatic carbocycles. The number of carboxylic acid groups (broad SMARTS) is 1. The van der Waals surface area contributed by atoms with Crippen LogP contribution in [0.1, 0.15) is 79.0 Å². The minimum Gasteiger partial charge on any atom is -0.491 e. The largest absolute Gasteiger partial charge is 0.491 e. The molecule has 2 aromatic rings. The van der Waals surface area contributed by atoms with Crippen molar-refractivity contribution in [1.82, 2.24) is 20.1 Å². The number of likely N-dealkylation sites (tertiary alicyclic amines) is 1. The number of hydrogen-bond donors (Lipinski definition) is 3. The number of nitrogens with one attached hydrogen (secondary N) is 1. The van der Waals surface area contributed by atoms with E-state index in [4.69, 9.17) is 14.6 Å². The van der Waals surface area contributed by atoms with Crippen LogP contribution in [0.25, 0.3) is 0 Å². The number of carbonyl (C=O) groups excluding carboxylic acids is 3. The highest BCUT2D eigenvalue weighted by Gasteiger charge is 2.40. The van der Waals surface area contributed by atoms with Crippen LogP contribution >= 0.6 is 11.3 Å². The summed E-state index contributed by atoms with van der Waals surface area (Å²) >= 11 is 1.34. The van der Waals surface area contributed by atoms with Crippen LogP contribution < -0.4 is 10.1 Å². The van der Waals surface area contributed by atoms with Gasteiger partial charge in [0.05, 0.1) is 25.9 Å². The number of ketones is 1. The molecule has 4 rings (SSSR count). The Morgan fingerprint density at radius 1 is 1.11 bits per heavy atom. The van der Waals surface area contributed by atoms with Crippen LogP contribution in [-0.4, -0.2) is 101 Å². The molecule has 44 heavy (non-hydrogen) atoms. The van der Waals surface area contributed by atoms with Crippen LogP contribution in [0.5, 0.6) is 5.75 Å². The number of rotatable bonds is 14. The molecule has 1 aromatic heterocycles. The average Bonchev–Trinajstić information content (AvgIpc) is 3.73. The third-order valence-electron chi connectivity index (χ3n) is 8.35. The second-order valence-corrected chi connectivity index (χ2v) is 12.1. The molecular weight excluding hydrogens is 588 g/mol. The van der Waals surface area contributed by atoms with Crippen molar-refractivity contribution in [1.29, 1.82) is 0 Å². The van der Waals surface area contributed by atoms with Crippen molar-refractivity contribution in [2.75, 3.05) is 40.0 Å². The summed E-state index contributed by atoms with van der Waals surface area (Å²) in [5.74, 6) is -0.456. The summed E-state index contributed by atoms with van der Waals surface area (Å²) in [5.41, 5.74) is 0.714. The van der Waals surface area contributed by atoms with E-state index in [-0.39, 0.29) is 49.2 Å². The predicted octanol–water partition coefficient (Wildman–Crippen LogP) is 3.49. The number of aromatic nitrogens is 1. The number of benzene rings is 1.